The number of hydrogen-bond acceptors (Lipinski definition) is 6. The molecule has 0 radical (unpaired) electrons. The van der Waals surface area contributed by atoms with E-state index in [1.807, 2.05) is 13.8 Å². The largest absolute Gasteiger partial charge is 0.370 e. The number of guanidine groups is 1. The van der Waals surface area contributed by atoms with Crippen molar-refractivity contribution in [2.24, 2.45) is 33.8 Å². The molecule has 0 saturated heterocycles. The summed E-state index contributed by atoms with van der Waals surface area (Å²) in [5.74, 6) is -0.563. The van der Waals surface area contributed by atoms with Crippen molar-refractivity contribution in [1.29, 1.82) is 0 Å². The van der Waals surface area contributed by atoms with Gasteiger partial charge in [-0.2, -0.15) is 0 Å². The third kappa shape index (κ3) is 16.8. The zero-order valence-electron chi connectivity index (χ0n) is 20.4. The summed E-state index contributed by atoms with van der Waals surface area (Å²) < 4.78 is 0. The van der Waals surface area contributed by atoms with Gasteiger partial charge in [0.1, 0.15) is 12.1 Å². The molecule has 0 aromatic heterocycles. The van der Waals surface area contributed by atoms with Crippen LogP contribution in [-0.4, -0.2) is 61.9 Å². The minimum atomic E-state index is -0.702. The van der Waals surface area contributed by atoms with E-state index in [2.05, 4.69) is 20.9 Å². The second kappa shape index (κ2) is 19.1. The number of rotatable bonds is 19. The molecule has 0 aliphatic heterocycles. The predicted octanol–water partition coefficient (Wildman–Crippen LogP) is -0.570. The van der Waals surface area contributed by atoms with Gasteiger partial charge in [0.2, 0.25) is 17.7 Å². The normalized spacial score (nSPS) is 12.6. The van der Waals surface area contributed by atoms with E-state index in [0.29, 0.717) is 64.7 Å². The molecule has 11 heteroatoms. The van der Waals surface area contributed by atoms with E-state index >= 15 is 0 Å². The smallest absolute Gasteiger partial charge is 0.243 e. The number of carbonyl (C=O) groups is 3. The zero-order valence-corrected chi connectivity index (χ0v) is 20.4. The molecule has 33 heavy (non-hydrogen) atoms. The standard InChI is InChI=1S/C22H46N8O3/c1-16(2)15-19(31)29-18(10-4-6-12-24)21(33)30-17(9-3-5-11-23)20(32)27-13-7-8-14-28-22(25)26/h16-18H,3-15,23-24H2,1-2H3,(H,27,32)(H,29,31)(H,30,33)(H4,25,26,28)/t17-,18-/m0/s1. The van der Waals surface area contributed by atoms with Crippen LogP contribution < -0.4 is 38.9 Å². The van der Waals surface area contributed by atoms with Gasteiger partial charge in [-0.3, -0.25) is 19.4 Å². The Bertz CT molecular complexity index is 594. The molecular weight excluding hydrogens is 424 g/mol. The van der Waals surface area contributed by atoms with Crippen LogP contribution in [0.2, 0.25) is 0 Å². The van der Waals surface area contributed by atoms with E-state index in [9.17, 15) is 14.4 Å². The van der Waals surface area contributed by atoms with Gasteiger partial charge in [-0.1, -0.05) is 13.8 Å². The highest BCUT2D eigenvalue weighted by Gasteiger charge is 2.26. The number of aliphatic imine (C=N–C) groups is 1. The number of nitrogens with two attached hydrogens (primary N) is 4. The fourth-order valence-electron chi connectivity index (χ4n) is 3.20. The lowest BCUT2D eigenvalue weighted by Gasteiger charge is -2.23. The highest BCUT2D eigenvalue weighted by atomic mass is 16.2. The zero-order chi connectivity index (χ0) is 25.1. The lowest BCUT2D eigenvalue weighted by molar-refractivity contribution is -0.132. The van der Waals surface area contributed by atoms with Gasteiger partial charge in [0, 0.05) is 19.5 Å². The van der Waals surface area contributed by atoms with Crippen LogP contribution in [0.25, 0.3) is 0 Å². The van der Waals surface area contributed by atoms with Crippen LogP contribution in [0.4, 0.5) is 0 Å². The molecule has 0 aliphatic rings. The maximum absolute atomic E-state index is 13.0. The van der Waals surface area contributed by atoms with Gasteiger partial charge in [-0.05, 0) is 70.4 Å². The van der Waals surface area contributed by atoms with Gasteiger partial charge >= 0.3 is 0 Å². The number of hydrogen-bond donors (Lipinski definition) is 7. The molecule has 0 saturated carbocycles. The second-order valence-electron chi connectivity index (χ2n) is 8.65. The van der Waals surface area contributed by atoms with Crippen LogP contribution in [-0.2, 0) is 14.4 Å². The monoisotopic (exact) mass is 470 g/mol. The molecule has 0 heterocycles. The highest BCUT2D eigenvalue weighted by molar-refractivity contribution is 5.92. The molecule has 0 rings (SSSR count). The second-order valence-corrected chi connectivity index (χ2v) is 8.65. The Morgan fingerprint density at radius 1 is 0.788 bits per heavy atom. The molecule has 11 N–H and O–H groups in total. The Morgan fingerprint density at radius 2 is 1.36 bits per heavy atom. The van der Waals surface area contributed by atoms with Crippen LogP contribution in [0.1, 0.15) is 71.6 Å². The van der Waals surface area contributed by atoms with Crippen molar-refractivity contribution in [2.75, 3.05) is 26.2 Å². The quantitative estimate of drug-likeness (QED) is 0.0743. The first-order valence-electron chi connectivity index (χ1n) is 12.0. The number of amides is 3. The summed E-state index contributed by atoms with van der Waals surface area (Å²) in [6.45, 7) is 5.86. The minimum absolute atomic E-state index is 0.0446. The summed E-state index contributed by atoms with van der Waals surface area (Å²) in [6.07, 6.45) is 5.63. The van der Waals surface area contributed by atoms with Crippen LogP contribution in [0.15, 0.2) is 4.99 Å². The minimum Gasteiger partial charge on any atom is -0.370 e. The lowest BCUT2D eigenvalue weighted by Crippen LogP contribution is -2.54. The van der Waals surface area contributed by atoms with Crippen molar-refractivity contribution in [1.82, 2.24) is 16.0 Å². The van der Waals surface area contributed by atoms with E-state index in [-0.39, 0.29) is 29.6 Å². The number of nitrogens with zero attached hydrogens (tertiary/aromatic N) is 1. The molecule has 192 valence electrons. The van der Waals surface area contributed by atoms with Gasteiger partial charge in [0.25, 0.3) is 0 Å². The molecule has 0 fully saturated rings. The third-order valence-corrected chi connectivity index (χ3v) is 4.95. The Hall–Kier alpha value is -2.40. The molecule has 11 nitrogen and oxygen atoms in total. The van der Waals surface area contributed by atoms with Crippen LogP contribution in [0.5, 0.6) is 0 Å². The third-order valence-electron chi connectivity index (χ3n) is 4.95. The van der Waals surface area contributed by atoms with E-state index in [1.54, 1.807) is 0 Å². The van der Waals surface area contributed by atoms with Crippen molar-refractivity contribution in [3.05, 3.63) is 0 Å². The van der Waals surface area contributed by atoms with Crippen LogP contribution in [0, 0.1) is 5.92 Å². The maximum atomic E-state index is 13.0. The Kier molecular flexibility index (Phi) is 17.7. The van der Waals surface area contributed by atoms with Crippen molar-refractivity contribution in [3.63, 3.8) is 0 Å². The van der Waals surface area contributed by atoms with E-state index in [0.717, 1.165) is 19.3 Å². The van der Waals surface area contributed by atoms with Gasteiger partial charge in [-0.25, -0.2) is 0 Å². The van der Waals surface area contributed by atoms with E-state index < -0.39 is 12.1 Å². The number of unbranched alkanes of at least 4 members (excludes halogenated alkanes) is 3. The summed E-state index contributed by atoms with van der Waals surface area (Å²) in [6, 6.07) is -1.40. The summed E-state index contributed by atoms with van der Waals surface area (Å²) in [4.78, 5) is 41.9. The molecule has 0 unspecified atom stereocenters. The molecule has 0 aliphatic carbocycles. The maximum Gasteiger partial charge on any atom is 0.243 e. The van der Waals surface area contributed by atoms with Crippen molar-refractivity contribution >= 4 is 23.7 Å². The van der Waals surface area contributed by atoms with Crippen LogP contribution in [0.3, 0.4) is 0 Å². The lowest BCUT2D eigenvalue weighted by atomic mass is 10.0. The average Bonchev–Trinajstić information content (AvgIpc) is 2.74. The molecule has 0 bridgehead atoms. The molecule has 0 aromatic rings. The summed E-state index contributed by atoms with van der Waals surface area (Å²) in [7, 11) is 0. The van der Waals surface area contributed by atoms with Crippen molar-refractivity contribution in [2.45, 2.75) is 83.7 Å². The SMILES string of the molecule is CC(C)CC(=O)N[C@@H](CCCCN)C(=O)N[C@@H](CCCCN)C(=O)NCCCCN=C(N)N. The van der Waals surface area contributed by atoms with Crippen LogP contribution >= 0.6 is 0 Å². The Morgan fingerprint density at radius 3 is 1.88 bits per heavy atom. The Balaban J connectivity index is 4.97. The molecule has 3 amide bonds. The Labute approximate surface area is 198 Å². The molecular formula is C22H46N8O3. The van der Waals surface area contributed by atoms with E-state index in [4.69, 9.17) is 22.9 Å². The summed E-state index contributed by atoms with van der Waals surface area (Å²) >= 11 is 0. The van der Waals surface area contributed by atoms with Crippen molar-refractivity contribution < 1.29 is 14.4 Å². The highest BCUT2D eigenvalue weighted by Crippen LogP contribution is 2.07. The molecule has 0 spiro atoms. The summed E-state index contributed by atoms with van der Waals surface area (Å²) in [5.41, 5.74) is 21.7. The van der Waals surface area contributed by atoms with Gasteiger partial charge < -0.3 is 38.9 Å². The topological polar surface area (TPSA) is 204 Å². The van der Waals surface area contributed by atoms with E-state index in [1.165, 1.54) is 0 Å². The van der Waals surface area contributed by atoms with Gasteiger partial charge in [-0.15, -0.1) is 0 Å². The fraction of sp³-hybridized carbons (Fsp3) is 0.818. The average molecular weight is 471 g/mol. The first-order valence-corrected chi connectivity index (χ1v) is 12.0. The summed E-state index contributed by atoms with van der Waals surface area (Å²) in [5, 5.41) is 8.51. The number of nitrogens with one attached hydrogen (secondary N) is 3. The first kappa shape index (κ1) is 30.6. The first-order chi connectivity index (χ1) is 15.7. The van der Waals surface area contributed by atoms with Gasteiger partial charge in [0.15, 0.2) is 5.96 Å². The predicted molar refractivity (Wildman–Crippen MR) is 132 cm³/mol. The molecule has 0 aromatic carbocycles. The van der Waals surface area contributed by atoms with Crippen molar-refractivity contribution in [3.8, 4) is 0 Å². The number of carbonyl (C=O) groups excluding carboxylic acids is 3. The van der Waals surface area contributed by atoms with Gasteiger partial charge in [0.05, 0.1) is 0 Å². The molecule has 2 atom stereocenters. The fourth-order valence-corrected chi connectivity index (χ4v) is 3.20.